The molecule has 0 saturated carbocycles. The number of rotatable bonds is 8. The number of aliphatic imine (C=N–C) groups is 1. The van der Waals surface area contributed by atoms with E-state index in [-0.39, 0.29) is 29.5 Å². The molecule has 0 radical (unpaired) electrons. The molecule has 1 aromatic rings. The third-order valence-electron chi connectivity index (χ3n) is 6.21. The van der Waals surface area contributed by atoms with Crippen molar-refractivity contribution in [3.63, 3.8) is 0 Å². The first-order valence-corrected chi connectivity index (χ1v) is 11.1. The fourth-order valence-corrected chi connectivity index (χ4v) is 4.44. The predicted molar refractivity (Wildman–Crippen MR) is 134 cm³/mol. The Morgan fingerprint density at radius 2 is 2.03 bits per heavy atom. The molecule has 2 unspecified atom stereocenters. The van der Waals surface area contributed by atoms with Gasteiger partial charge in [-0.1, -0.05) is 30.3 Å². The summed E-state index contributed by atoms with van der Waals surface area (Å²) in [5.74, 6) is 1.60. The highest BCUT2D eigenvalue weighted by atomic mass is 127. The summed E-state index contributed by atoms with van der Waals surface area (Å²) in [5, 5.41) is 7.59. The molecule has 30 heavy (non-hydrogen) atoms. The highest BCUT2D eigenvalue weighted by Crippen LogP contribution is 2.25. The van der Waals surface area contributed by atoms with E-state index in [1.54, 1.807) is 0 Å². The lowest BCUT2D eigenvalue weighted by atomic mass is 9.88. The number of ether oxygens (including phenoxy) is 2. The number of hydrogen-bond acceptors (Lipinski definition) is 4. The Labute approximate surface area is 199 Å². The zero-order valence-corrected chi connectivity index (χ0v) is 21.1. The van der Waals surface area contributed by atoms with Crippen molar-refractivity contribution in [2.45, 2.75) is 44.7 Å². The maximum atomic E-state index is 5.67. The first-order chi connectivity index (χ1) is 14.2. The normalized spacial score (nSPS) is 22.4. The maximum absolute atomic E-state index is 5.67. The van der Waals surface area contributed by atoms with Gasteiger partial charge < -0.3 is 25.0 Å². The molecule has 2 saturated heterocycles. The van der Waals surface area contributed by atoms with Gasteiger partial charge in [0, 0.05) is 64.0 Å². The maximum Gasteiger partial charge on any atom is 0.193 e. The average Bonchev–Trinajstić information content (AvgIpc) is 3.23. The van der Waals surface area contributed by atoms with E-state index in [1.807, 2.05) is 7.05 Å². The van der Waals surface area contributed by atoms with Gasteiger partial charge in [0.1, 0.15) is 0 Å². The standard InChI is InChI=1S/C23H38N4O2.HI/c1-4-28-17-20-10-13-27(16-20)22(24-3)25-18-23(11-14-29-15-12-23)26-19(2)21-8-6-5-7-9-21;/h5-9,19-20,26H,4,10-18H2,1-3H3,(H,24,25);1H. The van der Waals surface area contributed by atoms with Crippen LogP contribution in [0.5, 0.6) is 0 Å². The topological polar surface area (TPSA) is 58.1 Å². The Kier molecular flexibility index (Phi) is 10.8. The van der Waals surface area contributed by atoms with Gasteiger partial charge in [0.05, 0.1) is 6.61 Å². The van der Waals surface area contributed by atoms with Crippen molar-refractivity contribution in [3.05, 3.63) is 35.9 Å². The third-order valence-corrected chi connectivity index (χ3v) is 6.21. The van der Waals surface area contributed by atoms with Gasteiger partial charge >= 0.3 is 0 Å². The van der Waals surface area contributed by atoms with Crippen LogP contribution in [0.2, 0.25) is 0 Å². The second-order valence-corrected chi connectivity index (χ2v) is 8.33. The monoisotopic (exact) mass is 530 g/mol. The summed E-state index contributed by atoms with van der Waals surface area (Å²) in [6, 6.07) is 11.0. The van der Waals surface area contributed by atoms with E-state index in [2.05, 4.69) is 64.7 Å². The molecule has 2 fully saturated rings. The molecule has 2 atom stereocenters. The molecule has 2 aliphatic heterocycles. The summed E-state index contributed by atoms with van der Waals surface area (Å²) in [7, 11) is 1.88. The molecule has 1 aromatic carbocycles. The highest BCUT2D eigenvalue weighted by Gasteiger charge is 2.35. The minimum atomic E-state index is 0. The number of guanidine groups is 1. The number of nitrogens with one attached hydrogen (secondary N) is 2. The Balaban J connectivity index is 0.00000320. The van der Waals surface area contributed by atoms with Gasteiger partial charge in [0.2, 0.25) is 0 Å². The number of likely N-dealkylation sites (tertiary alicyclic amines) is 1. The Bertz CT molecular complexity index is 637. The van der Waals surface area contributed by atoms with Crippen LogP contribution in [0.25, 0.3) is 0 Å². The van der Waals surface area contributed by atoms with Crippen molar-refractivity contribution >= 4 is 29.9 Å². The fourth-order valence-electron chi connectivity index (χ4n) is 4.44. The quantitative estimate of drug-likeness (QED) is 0.307. The van der Waals surface area contributed by atoms with E-state index in [0.717, 1.165) is 64.9 Å². The van der Waals surface area contributed by atoms with Crippen molar-refractivity contribution in [1.29, 1.82) is 0 Å². The van der Waals surface area contributed by atoms with E-state index in [1.165, 1.54) is 12.0 Å². The Morgan fingerprint density at radius 1 is 1.30 bits per heavy atom. The number of nitrogens with zero attached hydrogens (tertiary/aromatic N) is 2. The van der Waals surface area contributed by atoms with Crippen LogP contribution >= 0.6 is 24.0 Å². The fraction of sp³-hybridized carbons (Fsp3) is 0.696. The first-order valence-electron chi connectivity index (χ1n) is 11.1. The van der Waals surface area contributed by atoms with Crippen LogP contribution in [0.15, 0.2) is 35.3 Å². The second kappa shape index (κ2) is 12.8. The molecule has 0 aliphatic carbocycles. The smallest absolute Gasteiger partial charge is 0.193 e. The van der Waals surface area contributed by atoms with Gasteiger partial charge in [-0.3, -0.25) is 4.99 Å². The molecular formula is C23H39IN4O2. The largest absolute Gasteiger partial charge is 0.381 e. The van der Waals surface area contributed by atoms with Gasteiger partial charge in [-0.2, -0.15) is 0 Å². The third kappa shape index (κ3) is 7.07. The van der Waals surface area contributed by atoms with Crippen LogP contribution in [0.4, 0.5) is 0 Å². The lowest BCUT2D eigenvalue weighted by Crippen LogP contribution is -2.58. The molecule has 2 aliphatic rings. The first kappa shape index (κ1) is 25.4. The molecular weight excluding hydrogens is 491 g/mol. The van der Waals surface area contributed by atoms with Crippen molar-refractivity contribution in [2.75, 3.05) is 53.1 Å². The summed E-state index contributed by atoms with van der Waals surface area (Å²) in [4.78, 5) is 6.94. The predicted octanol–water partition coefficient (Wildman–Crippen LogP) is 3.44. The van der Waals surface area contributed by atoms with Gasteiger partial charge in [-0.05, 0) is 38.7 Å². The minimum Gasteiger partial charge on any atom is -0.381 e. The number of hydrogen-bond donors (Lipinski definition) is 2. The lowest BCUT2D eigenvalue weighted by molar-refractivity contribution is 0.0352. The molecule has 0 bridgehead atoms. The molecule has 7 heteroatoms. The summed E-state index contributed by atoms with van der Waals surface area (Å²) >= 11 is 0. The van der Waals surface area contributed by atoms with Crippen LogP contribution in [0.1, 0.15) is 44.7 Å². The van der Waals surface area contributed by atoms with Crippen LogP contribution < -0.4 is 10.6 Å². The molecule has 6 nitrogen and oxygen atoms in total. The minimum absolute atomic E-state index is 0. The molecule has 2 N–H and O–H groups in total. The van der Waals surface area contributed by atoms with E-state index < -0.39 is 0 Å². The van der Waals surface area contributed by atoms with E-state index in [0.29, 0.717) is 12.0 Å². The second-order valence-electron chi connectivity index (χ2n) is 8.33. The summed E-state index contributed by atoms with van der Waals surface area (Å²) in [5.41, 5.74) is 1.33. The molecule has 0 amide bonds. The van der Waals surface area contributed by atoms with Gasteiger partial charge in [-0.15, -0.1) is 24.0 Å². The van der Waals surface area contributed by atoms with Crippen molar-refractivity contribution < 1.29 is 9.47 Å². The van der Waals surface area contributed by atoms with Crippen LogP contribution in [0, 0.1) is 5.92 Å². The molecule has 2 heterocycles. The zero-order chi connectivity index (χ0) is 20.5. The van der Waals surface area contributed by atoms with Gasteiger partial charge in [0.25, 0.3) is 0 Å². The van der Waals surface area contributed by atoms with E-state index >= 15 is 0 Å². The van der Waals surface area contributed by atoms with E-state index in [4.69, 9.17) is 9.47 Å². The van der Waals surface area contributed by atoms with Crippen LogP contribution in [-0.2, 0) is 9.47 Å². The van der Waals surface area contributed by atoms with Crippen LogP contribution in [0.3, 0.4) is 0 Å². The average molecular weight is 530 g/mol. The Morgan fingerprint density at radius 3 is 2.70 bits per heavy atom. The highest BCUT2D eigenvalue weighted by molar-refractivity contribution is 14.0. The number of benzene rings is 1. The molecule has 0 spiro atoms. The van der Waals surface area contributed by atoms with Crippen molar-refractivity contribution in [3.8, 4) is 0 Å². The van der Waals surface area contributed by atoms with Gasteiger partial charge in [-0.25, -0.2) is 0 Å². The van der Waals surface area contributed by atoms with Crippen LogP contribution in [-0.4, -0.2) is 69.5 Å². The number of halogens is 1. The summed E-state index contributed by atoms with van der Waals surface area (Å²) in [6.45, 7) is 10.5. The molecule has 0 aromatic heterocycles. The summed E-state index contributed by atoms with van der Waals surface area (Å²) in [6.07, 6.45) is 3.17. The van der Waals surface area contributed by atoms with Gasteiger partial charge in [0.15, 0.2) is 5.96 Å². The molecule has 3 rings (SSSR count). The SMILES string of the molecule is CCOCC1CCN(C(=NC)NCC2(NC(C)c3ccccc3)CCOCC2)C1.I. The summed E-state index contributed by atoms with van der Waals surface area (Å²) < 4.78 is 11.3. The zero-order valence-electron chi connectivity index (χ0n) is 18.7. The Hall–Kier alpha value is -0.900. The van der Waals surface area contributed by atoms with E-state index in [9.17, 15) is 0 Å². The van der Waals surface area contributed by atoms with Crippen molar-refractivity contribution in [1.82, 2.24) is 15.5 Å². The lowest BCUT2D eigenvalue weighted by Gasteiger charge is -2.41. The van der Waals surface area contributed by atoms with Crippen molar-refractivity contribution in [2.24, 2.45) is 10.9 Å². The molecule has 170 valence electrons.